The normalized spacial score (nSPS) is 11.4. The number of benzene rings is 2. The van der Waals surface area contributed by atoms with Crippen LogP contribution in [0, 0.1) is 12.7 Å². The Morgan fingerprint density at radius 3 is 2.73 bits per heavy atom. The van der Waals surface area contributed by atoms with Gasteiger partial charge in [0, 0.05) is 37.0 Å². The Kier molecular flexibility index (Phi) is 4.39. The average Bonchev–Trinajstić information content (AvgIpc) is 3.45. The maximum atomic E-state index is 13.7. The van der Waals surface area contributed by atoms with E-state index >= 15 is 0 Å². The summed E-state index contributed by atoms with van der Waals surface area (Å²) in [5, 5.41) is 3.99. The molecular weight excluding hydrogens is 383 g/mol. The Labute approximate surface area is 171 Å². The summed E-state index contributed by atoms with van der Waals surface area (Å²) in [7, 11) is 0. The largest absolute Gasteiger partial charge is 0.339 e. The van der Waals surface area contributed by atoms with Crippen molar-refractivity contribution >= 4 is 11.0 Å². The number of hydrogen-bond donors (Lipinski definition) is 0. The Morgan fingerprint density at radius 2 is 1.97 bits per heavy atom. The van der Waals surface area contributed by atoms with Crippen LogP contribution in [0.3, 0.4) is 0 Å². The molecule has 0 aliphatic rings. The van der Waals surface area contributed by atoms with Crippen LogP contribution in [0.25, 0.3) is 33.8 Å². The second-order valence-corrected chi connectivity index (χ2v) is 7.00. The van der Waals surface area contributed by atoms with E-state index in [1.807, 2.05) is 35.0 Å². The summed E-state index contributed by atoms with van der Waals surface area (Å²) in [5.74, 6) is 2.38. The first-order valence-electron chi connectivity index (χ1n) is 9.69. The maximum Gasteiger partial charge on any atom is 0.223 e. The van der Waals surface area contributed by atoms with E-state index in [0.29, 0.717) is 24.1 Å². The number of rotatable bonds is 5. The molecule has 0 saturated carbocycles. The van der Waals surface area contributed by atoms with E-state index in [2.05, 4.69) is 26.6 Å². The molecule has 0 amide bonds. The van der Waals surface area contributed by atoms with E-state index in [1.54, 1.807) is 19.2 Å². The third kappa shape index (κ3) is 3.16. The van der Waals surface area contributed by atoms with Crippen LogP contribution < -0.4 is 0 Å². The molecule has 0 aliphatic heterocycles. The molecule has 0 fully saturated rings. The minimum Gasteiger partial charge on any atom is -0.339 e. The number of nitrogens with zero attached hydrogens (tertiary/aromatic N) is 6. The lowest BCUT2D eigenvalue weighted by Crippen LogP contribution is -2.08. The molecule has 5 rings (SSSR count). The van der Waals surface area contributed by atoms with Gasteiger partial charge in [0.1, 0.15) is 17.5 Å². The Balaban J connectivity index is 1.54. The van der Waals surface area contributed by atoms with Crippen molar-refractivity contribution in [2.45, 2.75) is 26.9 Å². The first-order chi connectivity index (χ1) is 14.6. The van der Waals surface area contributed by atoms with E-state index in [9.17, 15) is 4.39 Å². The monoisotopic (exact) mass is 402 g/mol. The highest BCUT2D eigenvalue weighted by Crippen LogP contribution is 2.25. The van der Waals surface area contributed by atoms with E-state index in [4.69, 9.17) is 9.51 Å². The van der Waals surface area contributed by atoms with Gasteiger partial charge in [0.2, 0.25) is 11.7 Å². The van der Waals surface area contributed by atoms with Crippen LogP contribution in [0.15, 0.2) is 59.4 Å². The van der Waals surface area contributed by atoms with Crippen LogP contribution in [0.4, 0.5) is 4.39 Å². The molecular formula is C22H19FN6O. The van der Waals surface area contributed by atoms with Crippen molar-refractivity contribution in [1.82, 2.24) is 29.2 Å². The summed E-state index contributed by atoms with van der Waals surface area (Å²) >= 11 is 0. The fourth-order valence-corrected chi connectivity index (χ4v) is 3.69. The SMILES string of the molecule is CCn1c(Cn2ccnc2-c2cccc(F)c2)nc2cc(-c3noc(C)n3)ccc21. The summed E-state index contributed by atoms with van der Waals surface area (Å²) in [5.41, 5.74) is 3.48. The molecule has 2 aromatic carbocycles. The number of imidazole rings is 2. The fraction of sp³-hybridized carbons (Fsp3) is 0.182. The van der Waals surface area contributed by atoms with Crippen LogP contribution in [0.1, 0.15) is 18.6 Å². The quantitative estimate of drug-likeness (QED) is 0.434. The summed E-state index contributed by atoms with van der Waals surface area (Å²) in [6, 6.07) is 12.4. The first-order valence-corrected chi connectivity index (χ1v) is 9.69. The molecule has 3 heterocycles. The second-order valence-electron chi connectivity index (χ2n) is 7.00. The highest BCUT2D eigenvalue weighted by molar-refractivity contribution is 5.81. The average molecular weight is 402 g/mol. The third-order valence-electron chi connectivity index (χ3n) is 5.04. The van der Waals surface area contributed by atoms with Gasteiger partial charge in [-0.15, -0.1) is 0 Å². The Bertz CT molecular complexity index is 1350. The zero-order valence-electron chi connectivity index (χ0n) is 16.6. The summed E-state index contributed by atoms with van der Waals surface area (Å²) in [6.07, 6.45) is 3.60. The molecule has 30 heavy (non-hydrogen) atoms. The van der Waals surface area contributed by atoms with Crippen molar-refractivity contribution in [3.63, 3.8) is 0 Å². The van der Waals surface area contributed by atoms with Gasteiger partial charge in [0.25, 0.3) is 0 Å². The van der Waals surface area contributed by atoms with E-state index in [-0.39, 0.29) is 5.82 Å². The van der Waals surface area contributed by atoms with Gasteiger partial charge < -0.3 is 13.7 Å². The zero-order valence-corrected chi connectivity index (χ0v) is 16.6. The molecule has 0 radical (unpaired) electrons. The van der Waals surface area contributed by atoms with E-state index < -0.39 is 0 Å². The third-order valence-corrected chi connectivity index (χ3v) is 5.04. The highest BCUT2D eigenvalue weighted by atomic mass is 19.1. The molecule has 0 unspecified atom stereocenters. The topological polar surface area (TPSA) is 74.6 Å². The molecule has 0 atom stereocenters. The van der Waals surface area contributed by atoms with Gasteiger partial charge in [-0.3, -0.25) is 0 Å². The zero-order chi connectivity index (χ0) is 20.7. The van der Waals surface area contributed by atoms with Crippen molar-refractivity contribution in [2.24, 2.45) is 0 Å². The number of fused-ring (bicyclic) bond motifs is 1. The van der Waals surface area contributed by atoms with Crippen LogP contribution >= 0.6 is 0 Å². The minimum atomic E-state index is -0.285. The van der Waals surface area contributed by atoms with Gasteiger partial charge in [-0.05, 0) is 37.3 Å². The number of hydrogen-bond acceptors (Lipinski definition) is 5. The highest BCUT2D eigenvalue weighted by Gasteiger charge is 2.15. The van der Waals surface area contributed by atoms with Crippen molar-refractivity contribution < 1.29 is 8.91 Å². The van der Waals surface area contributed by atoms with E-state index in [0.717, 1.165) is 34.5 Å². The molecule has 0 bridgehead atoms. The molecule has 7 nitrogen and oxygen atoms in total. The molecule has 0 N–H and O–H groups in total. The van der Waals surface area contributed by atoms with Gasteiger partial charge in [0.15, 0.2) is 0 Å². The predicted molar refractivity (Wildman–Crippen MR) is 110 cm³/mol. The van der Waals surface area contributed by atoms with Gasteiger partial charge in [0.05, 0.1) is 17.6 Å². The molecule has 0 spiro atoms. The van der Waals surface area contributed by atoms with Gasteiger partial charge in [-0.25, -0.2) is 14.4 Å². The number of halogens is 1. The second kappa shape index (κ2) is 7.22. The fourth-order valence-electron chi connectivity index (χ4n) is 3.69. The first kappa shape index (κ1) is 18.2. The Hall–Kier alpha value is -3.81. The lowest BCUT2D eigenvalue weighted by Gasteiger charge is -2.10. The van der Waals surface area contributed by atoms with Crippen LogP contribution in [0.2, 0.25) is 0 Å². The lowest BCUT2D eigenvalue weighted by molar-refractivity contribution is 0.394. The summed E-state index contributed by atoms with van der Waals surface area (Å²) < 4.78 is 22.9. The van der Waals surface area contributed by atoms with Crippen molar-refractivity contribution in [3.8, 4) is 22.8 Å². The van der Waals surface area contributed by atoms with Crippen molar-refractivity contribution in [3.05, 3.63) is 72.4 Å². The smallest absolute Gasteiger partial charge is 0.223 e. The molecule has 0 saturated heterocycles. The summed E-state index contributed by atoms with van der Waals surface area (Å²) in [4.78, 5) is 13.6. The van der Waals surface area contributed by atoms with Crippen LogP contribution in [-0.2, 0) is 13.1 Å². The minimum absolute atomic E-state index is 0.285. The number of aryl methyl sites for hydroxylation is 2. The maximum absolute atomic E-state index is 13.7. The molecule has 0 aliphatic carbocycles. The van der Waals surface area contributed by atoms with Crippen molar-refractivity contribution in [1.29, 1.82) is 0 Å². The molecule has 150 valence electrons. The lowest BCUT2D eigenvalue weighted by atomic mass is 10.2. The predicted octanol–water partition coefficient (Wildman–Crippen LogP) is 4.47. The molecule has 8 heteroatoms. The summed E-state index contributed by atoms with van der Waals surface area (Å²) in [6.45, 7) is 5.14. The van der Waals surface area contributed by atoms with E-state index in [1.165, 1.54) is 12.1 Å². The molecule has 5 aromatic rings. The van der Waals surface area contributed by atoms with Gasteiger partial charge in [-0.1, -0.05) is 17.3 Å². The van der Waals surface area contributed by atoms with Gasteiger partial charge in [-0.2, -0.15) is 4.98 Å². The standard InChI is InChI=1S/C22H19FN6O/c1-3-29-19-8-7-15(21-25-14(2)30-27-21)12-18(19)26-20(29)13-28-10-9-24-22(28)16-5-4-6-17(23)11-16/h4-12H,3,13H2,1-2H3. The van der Waals surface area contributed by atoms with Crippen molar-refractivity contribution in [2.75, 3.05) is 0 Å². The molecule has 3 aromatic heterocycles. The van der Waals surface area contributed by atoms with Crippen LogP contribution in [-0.4, -0.2) is 29.2 Å². The Morgan fingerprint density at radius 1 is 1.07 bits per heavy atom. The van der Waals surface area contributed by atoms with Crippen LogP contribution in [0.5, 0.6) is 0 Å². The number of aromatic nitrogens is 6. The van der Waals surface area contributed by atoms with Gasteiger partial charge >= 0.3 is 0 Å².